The van der Waals surface area contributed by atoms with E-state index < -0.39 is 0 Å². The maximum absolute atomic E-state index is 4.81. The van der Waals surface area contributed by atoms with E-state index in [4.69, 9.17) is 4.98 Å². The van der Waals surface area contributed by atoms with Crippen LogP contribution in [0.1, 0.15) is 47.0 Å². The molecule has 26 heavy (non-hydrogen) atoms. The molecule has 2 aliphatic rings. The Morgan fingerprint density at radius 1 is 1.00 bits per heavy atom. The Bertz CT molecular complexity index is 898. The van der Waals surface area contributed by atoms with Crippen LogP contribution in [0, 0.1) is 0 Å². The van der Waals surface area contributed by atoms with Gasteiger partial charge in [-0.1, -0.05) is 30.3 Å². The van der Waals surface area contributed by atoms with Gasteiger partial charge in [0.2, 0.25) is 0 Å². The molecule has 3 heterocycles. The maximum atomic E-state index is 4.81. The molecule has 1 aromatic carbocycles. The van der Waals surface area contributed by atoms with E-state index in [1.54, 1.807) is 0 Å². The van der Waals surface area contributed by atoms with Crippen molar-refractivity contribution in [2.45, 2.75) is 44.8 Å². The first kappa shape index (κ1) is 15.7. The summed E-state index contributed by atoms with van der Waals surface area (Å²) in [6, 6.07) is 10.5. The molecule has 0 saturated heterocycles. The first-order valence-electron chi connectivity index (χ1n) is 9.46. The van der Waals surface area contributed by atoms with Crippen molar-refractivity contribution in [2.75, 3.05) is 6.54 Å². The summed E-state index contributed by atoms with van der Waals surface area (Å²) in [5, 5.41) is 4.52. The molecule has 1 fully saturated rings. The lowest BCUT2D eigenvalue weighted by Gasteiger charge is -2.27. The number of hydrogen-bond acceptors (Lipinski definition) is 4. The average molecular weight is 345 g/mol. The second-order valence-electron chi connectivity index (χ2n) is 7.47. The number of rotatable bonds is 5. The van der Waals surface area contributed by atoms with Gasteiger partial charge in [0.15, 0.2) is 0 Å². The number of aromatic nitrogens is 4. The Kier molecular flexibility index (Phi) is 4.02. The van der Waals surface area contributed by atoms with Crippen LogP contribution in [0.15, 0.2) is 48.9 Å². The molecule has 0 unspecified atom stereocenters. The van der Waals surface area contributed by atoms with Gasteiger partial charge in [-0.15, -0.1) is 0 Å². The fraction of sp³-hybridized carbons (Fsp3) is 0.381. The van der Waals surface area contributed by atoms with Crippen molar-refractivity contribution in [3.8, 4) is 0 Å². The molecule has 2 aromatic heterocycles. The van der Waals surface area contributed by atoms with Crippen molar-refractivity contribution in [1.29, 1.82) is 0 Å². The van der Waals surface area contributed by atoms with Crippen LogP contribution < -0.4 is 0 Å². The molecule has 0 N–H and O–H groups in total. The summed E-state index contributed by atoms with van der Waals surface area (Å²) < 4.78 is 2.02. The van der Waals surface area contributed by atoms with Crippen molar-refractivity contribution < 1.29 is 0 Å². The van der Waals surface area contributed by atoms with Gasteiger partial charge in [-0.05, 0) is 18.4 Å². The number of fused-ring (bicyclic) bond motifs is 1. The average Bonchev–Trinajstić information content (AvgIpc) is 3.44. The van der Waals surface area contributed by atoms with E-state index in [0.29, 0.717) is 5.92 Å². The van der Waals surface area contributed by atoms with Gasteiger partial charge in [0.1, 0.15) is 5.82 Å². The smallest absolute Gasteiger partial charge is 0.131 e. The van der Waals surface area contributed by atoms with Crippen molar-refractivity contribution in [2.24, 2.45) is 0 Å². The van der Waals surface area contributed by atoms with Gasteiger partial charge < -0.3 is 0 Å². The SMILES string of the molecule is c1ccc(Cn2cc(CN3CCc4nc(C5CC5)ncc4C3)cn2)cc1. The van der Waals surface area contributed by atoms with E-state index in [-0.39, 0.29) is 0 Å². The predicted molar refractivity (Wildman–Crippen MR) is 99.6 cm³/mol. The largest absolute Gasteiger partial charge is 0.294 e. The first-order valence-corrected chi connectivity index (χ1v) is 9.46. The molecule has 5 heteroatoms. The number of hydrogen-bond donors (Lipinski definition) is 0. The van der Waals surface area contributed by atoms with Crippen molar-refractivity contribution in [3.05, 3.63) is 77.1 Å². The van der Waals surface area contributed by atoms with Crippen LogP contribution in [0.25, 0.3) is 0 Å². The molecule has 1 aliphatic carbocycles. The van der Waals surface area contributed by atoms with Crippen LogP contribution in [0.3, 0.4) is 0 Å². The van der Waals surface area contributed by atoms with E-state index in [9.17, 15) is 0 Å². The molecular formula is C21H23N5. The zero-order valence-corrected chi connectivity index (χ0v) is 14.9. The second-order valence-corrected chi connectivity index (χ2v) is 7.47. The molecule has 0 bridgehead atoms. The third-order valence-corrected chi connectivity index (χ3v) is 5.25. The number of nitrogens with zero attached hydrogens (tertiary/aromatic N) is 5. The van der Waals surface area contributed by atoms with E-state index in [1.165, 1.54) is 35.2 Å². The third kappa shape index (κ3) is 3.40. The highest BCUT2D eigenvalue weighted by molar-refractivity contribution is 5.23. The van der Waals surface area contributed by atoms with Crippen LogP contribution in [-0.4, -0.2) is 31.2 Å². The molecule has 0 amide bonds. The van der Waals surface area contributed by atoms with Gasteiger partial charge in [0.25, 0.3) is 0 Å². The van der Waals surface area contributed by atoms with Crippen molar-refractivity contribution >= 4 is 0 Å². The Balaban J connectivity index is 1.23. The van der Waals surface area contributed by atoms with Gasteiger partial charge in [0.05, 0.1) is 12.7 Å². The first-order chi connectivity index (χ1) is 12.8. The van der Waals surface area contributed by atoms with Crippen LogP contribution in [0.5, 0.6) is 0 Å². The Labute approximate surface area is 153 Å². The normalized spacial score (nSPS) is 17.2. The van der Waals surface area contributed by atoms with Crippen molar-refractivity contribution in [1.82, 2.24) is 24.6 Å². The zero-order valence-electron chi connectivity index (χ0n) is 14.9. The maximum Gasteiger partial charge on any atom is 0.131 e. The molecule has 5 rings (SSSR count). The molecule has 0 radical (unpaired) electrons. The zero-order chi connectivity index (χ0) is 17.3. The molecule has 1 aliphatic heterocycles. The Morgan fingerprint density at radius 2 is 1.88 bits per heavy atom. The monoisotopic (exact) mass is 345 g/mol. The summed E-state index contributed by atoms with van der Waals surface area (Å²) in [7, 11) is 0. The predicted octanol–water partition coefficient (Wildman–Crippen LogP) is 3.16. The lowest BCUT2D eigenvalue weighted by Crippen LogP contribution is -2.31. The molecule has 132 valence electrons. The highest BCUT2D eigenvalue weighted by Crippen LogP contribution is 2.38. The van der Waals surface area contributed by atoms with Gasteiger partial charge in [-0.3, -0.25) is 9.58 Å². The van der Waals surface area contributed by atoms with Gasteiger partial charge in [-0.2, -0.15) is 5.10 Å². The minimum atomic E-state index is 0.633. The third-order valence-electron chi connectivity index (χ3n) is 5.25. The van der Waals surface area contributed by atoms with Gasteiger partial charge in [0, 0.05) is 61.2 Å². The quantitative estimate of drug-likeness (QED) is 0.713. The molecular weight excluding hydrogens is 322 g/mol. The molecule has 0 spiro atoms. The standard InChI is InChI=1S/C21H23N5/c1-2-4-16(5-3-1)13-26-14-17(10-23-26)12-25-9-8-20-19(15-25)11-22-21(24-20)18-6-7-18/h1-5,10-11,14,18H,6-9,12-13,15H2. The lowest BCUT2D eigenvalue weighted by molar-refractivity contribution is 0.242. The fourth-order valence-corrected chi connectivity index (χ4v) is 3.67. The van der Waals surface area contributed by atoms with Gasteiger partial charge in [-0.25, -0.2) is 9.97 Å². The summed E-state index contributed by atoms with van der Waals surface area (Å²) in [6.45, 7) is 3.74. The van der Waals surface area contributed by atoms with E-state index in [0.717, 1.165) is 38.4 Å². The number of benzene rings is 1. The highest BCUT2D eigenvalue weighted by Gasteiger charge is 2.28. The molecule has 3 aromatic rings. The Hall–Kier alpha value is -2.53. The fourth-order valence-electron chi connectivity index (χ4n) is 3.67. The molecule has 1 saturated carbocycles. The summed E-state index contributed by atoms with van der Waals surface area (Å²) >= 11 is 0. The highest BCUT2D eigenvalue weighted by atomic mass is 15.3. The van der Waals surface area contributed by atoms with Crippen LogP contribution in [-0.2, 0) is 26.1 Å². The summed E-state index contributed by atoms with van der Waals surface area (Å²) in [5.41, 5.74) is 5.09. The minimum absolute atomic E-state index is 0.633. The van der Waals surface area contributed by atoms with Gasteiger partial charge >= 0.3 is 0 Å². The molecule has 5 nitrogen and oxygen atoms in total. The van der Waals surface area contributed by atoms with Crippen molar-refractivity contribution in [3.63, 3.8) is 0 Å². The van der Waals surface area contributed by atoms with Crippen LogP contribution in [0.4, 0.5) is 0 Å². The van der Waals surface area contributed by atoms with E-state index in [1.807, 2.05) is 16.9 Å². The van der Waals surface area contributed by atoms with Crippen LogP contribution in [0.2, 0.25) is 0 Å². The Morgan fingerprint density at radius 3 is 2.73 bits per heavy atom. The van der Waals surface area contributed by atoms with Crippen LogP contribution >= 0.6 is 0 Å². The van der Waals surface area contributed by atoms with E-state index >= 15 is 0 Å². The summed E-state index contributed by atoms with van der Waals surface area (Å²) in [5.74, 6) is 1.70. The minimum Gasteiger partial charge on any atom is -0.294 e. The topological polar surface area (TPSA) is 46.8 Å². The molecule has 0 atom stereocenters. The second kappa shape index (κ2) is 6.65. The lowest BCUT2D eigenvalue weighted by atomic mass is 10.1. The summed E-state index contributed by atoms with van der Waals surface area (Å²) in [4.78, 5) is 11.9. The van der Waals surface area contributed by atoms with E-state index in [2.05, 4.69) is 51.6 Å². The summed E-state index contributed by atoms with van der Waals surface area (Å²) in [6.07, 6.45) is 9.76.